The molecule has 0 saturated heterocycles. The van der Waals surface area contributed by atoms with E-state index in [2.05, 4.69) is 24.0 Å². The van der Waals surface area contributed by atoms with E-state index < -0.39 is 6.10 Å². The lowest BCUT2D eigenvalue weighted by Gasteiger charge is -2.13. The number of ether oxygens (including phenoxy) is 1. The number of hydrogen-bond donors (Lipinski definition) is 1. The molecule has 2 aromatic rings. The van der Waals surface area contributed by atoms with Gasteiger partial charge in [-0.25, -0.2) is 0 Å². The first kappa shape index (κ1) is 15.9. The Balaban J connectivity index is 1.78. The lowest BCUT2D eigenvalue weighted by atomic mass is 10.2. The van der Waals surface area contributed by atoms with Crippen LogP contribution >= 0.6 is 11.8 Å². The highest BCUT2D eigenvalue weighted by Crippen LogP contribution is 2.20. The molecule has 0 spiro atoms. The van der Waals surface area contributed by atoms with Crippen molar-refractivity contribution in [3.8, 4) is 5.75 Å². The zero-order valence-corrected chi connectivity index (χ0v) is 13.4. The lowest BCUT2D eigenvalue weighted by molar-refractivity contribution is 0.126. The molecule has 1 unspecified atom stereocenters. The monoisotopic (exact) mass is 307 g/mol. The van der Waals surface area contributed by atoms with E-state index in [1.165, 1.54) is 17.3 Å². The van der Waals surface area contributed by atoms with Crippen LogP contribution in [0.15, 0.2) is 35.7 Å². The molecule has 0 aliphatic heterocycles. The van der Waals surface area contributed by atoms with Gasteiger partial charge >= 0.3 is 0 Å². The highest BCUT2D eigenvalue weighted by Gasteiger charge is 2.12. The summed E-state index contributed by atoms with van der Waals surface area (Å²) in [5.41, 5.74) is 1.19. The third-order valence-electron chi connectivity index (χ3n) is 2.96. The summed E-state index contributed by atoms with van der Waals surface area (Å²) < 4.78 is 7.55. The summed E-state index contributed by atoms with van der Waals surface area (Å²) in [6, 6.07) is 8.10. The van der Waals surface area contributed by atoms with Gasteiger partial charge in [-0.15, -0.1) is 10.2 Å². The number of aryl methyl sites for hydroxylation is 1. The summed E-state index contributed by atoms with van der Waals surface area (Å²) in [4.78, 5) is 0. The van der Waals surface area contributed by atoms with Crippen LogP contribution in [0.25, 0.3) is 0 Å². The van der Waals surface area contributed by atoms with Crippen molar-refractivity contribution in [1.29, 1.82) is 0 Å². The maximum atomic E-state index is 9.99. The molecule has 0 amide bonds. The van der Waals surface area contributed by atoms with Crippen LogP contribution in [0.5, 0.6) is 5.75 Å². The average Bonchev–Trinajstić information content (AvgIpc) is 2.93. The number of hydrogen-bond acceptors (Lipinski definition) is 5. The van der Waals surface area contributed by atoms with E-state index in [4.69, 9.17) is 4.74 Å². The summed E-state index contributed by atoms with van der Waals surface area (Å²) in [5.74, 6) is 1.30. The third-order valence-corrected chi connectivity index (χ3v) is 4.07. The van der Waals surface area contributed by atoms with Crippen LogP contribution in [0.1, 0.15) is 25.5 Å². The van der Waals surface area contributed by atoms with E-state index in [1.54, 1.807) is 6.33 Å². The normalized spacial score (nSPS) is 12.6. The molecule has 2 rings (SSSR count). The zero-order chi connectivity index (χ0) is 15.2. The van der Waals surface area contributed by atoms with Gasteiger partial charge in [0.2, 0.25) is 0 Å². The second kappa shape index (κ2) is 7.47. The molecular weight excluding hydrogens is 286 g/mol. The van der Waals surface area contributed by atoms with Gasteiger partial charge in [-0.2, -0.15) is 0 Å². The molecule has 0 radical (unpaired) electrons. The minimum absolute atomic E-state index is 0.270. The van der Waals surface area contributed by atoms with Crippen molar-refractivity contribution in [3.63, 3.8) is 0 Å². The Bertz CT molecular complexity index is 554. The summed E-state index contributed by atoms with van der Waals surface area (Å²) in [7, 11) is 0. The minimum Gasteiger partial charge on any atom is -0.491 e. The Hall–Kier alpha value is -1.53. The highest BCUT2D eigenvalue weighted by atomic mass is 32.2. The quantitative estimate of drug-likeness (QED) is 0.797. The molecule has 0 fully saturated rings. The number of rotatable bonds is 7. The fraction of sp³-hybridized carbons (Fsp3) is 0.467. The van der Waals surface area contributed by atoms with Crippen molar-refractivity contribution in [2.24, 2.45) is 0 Å². The van der Waals surface area contributed by atoms with Gasteiger partial charge in [0.05, 0.1) is 6.10 Å². The summed E-state index contributed by atoms with van der Waals surface area (Å²) in [6.07, 6.45) is 1.16. The maximum Gasteiger partial charge on any atom is 0.191 e. The van der Waals surface area contributed by atoms with Gasteiger partial charge in [-0.1, -0.05) is 29.5 Å². The molecule has 1 atom stereocenters. The molecule has 0 aliphatic carbocycles. The molecule has 1 aromatic heterocycles. The van der Waals surface area contributed by atoms with E-state index >= 15 is 0 Å². The van der Waals surface area contributed by atoms with E-state index in [9.17, 15) is 5.11 Å². The van der Waals surface area contributed by atoms with Gasteiger partial charge in [0.25, 0.3) is 0 Å². The Labute approximate surface area is 129 Å². The van der Waals surface area contributed by atoms with Crippen molar-refractivity contribution in [2.45, 2.75) is 38.1 Å². The molecule has 1 aromatic carbocycles. The van der Waals surface area contributed by atoms with Crippen LogP contribution in [0.4, 0.5) is 0 Å². The zero-order valence-electron chi connectivity index (χ0n) is 12.6. The Morgan fingerprint density at radius 3 is 2.67 bits per heavy atom. The smallest absolute Gasteiger partial charge is 0.191 e. The molecule has 0 aliphatic rings. The van der Waals surface area contributed by atoms with Crippen molar-refractivity contribution >= 4 is 11.8 Å². The summed E-state index contributed by atoms with van der Waals surface area (Å²) >= 11 is 1.49. The maximum absolute atomic E-state index is 9.99. The molecule has 0 bridgehead atoms. The van der Waals surface area contributed by atoms with Gasteiger partial charge in [0, 0.05) is 11.8 Å². The Kier molecular flexibility index (Phi) is 5.64. The largest absolute Gasteiger partial charge is 0.491 e. The number of aliphatic hydroxyl groups excluding tert-OH is 1. The van der Waals surface area contributed by atoms with Gasteiger partial charge < -0.3 is 14.4 Å². The summed E-state index contributed by atoms with van der Waals surface area (Å²) in [6.45, 7) is 6.45. The SMILES string of the molecule is Cc1ccc(OCC(O)CSc2nncn2C(C)C)cc1. The van der Waals surface area contributed by atoms with Crippen molar-refractivity contribution in [1.82, 2.24) is 14.8 Å². The van der Waals surface area contributed by atoms with Gasteiger partial charge in [0.15, 0.2) is 5.16 Å². The van der Waals surface area contributed by atoms with Gasteiger partial charge in [-0.05, 0) is 32.9 Å². The van der Waals surface area contributed by atoms with E-state index in [1.807, 2.05) is 35.8 Å². The molecule has 21 heavy (non-hydrogen) atoms. The molecule has 5 nitrogen and oxygen atoms in total. The van der Waals surface area contributed by atoms with Gasteiger partial charge in [0.1, 0.15) is 18.7 Å². The fourth-order valence-electron chi connectivity index (χ4n) is 1.74. The first-order chi connectivity index (χ1) is 10.1. The van der Waals surface area contributed by atoms with Crippen LogP contribution in [0, 0.1) is 6.92 Å². The number of thioether (sulfide) groups is 1. The standard InChI is InChI=1S/C15H21N3O2S/c1-11(2)18-10-16-17-15(18)21-9-13(19)8-20-14-6-4-12(3)5-7-14/h4-7,10-11,13,19H,8-9H2,1-3H3. The van der Waals surface area contributed by atoms with Crippen molar-refractivity contribution in [2.75, 3.05) is 12.4 Å². The first-order valence-corrected chi connectivity index (χ1v) is 7.94. The van der Waals surface area contributed by atoms with E-state index in [-0.39, 0.29) is 6.61 Å². The molecule has 1 heterocycles. The highest BCUT2D eigenvalue weighted by molar-refractivity contribution is 7.99. The average molecular weight is 307 g/mol. The second-order valence-corrected chi connectivity index (χ2v) is 6.19. The lowest BCUT2D eigenvalue weighted by Crippen LogP contribution is -2.20. The Morgan fingerprint density at radius 1 is 1.29 bits per heavy atom. The van der Waals surface area contributed by atoms with Crippen LogP contribution in [-0.4, -0.2) is 38.3 Å². The molecule has 0 saturated carbocycles. The number of aromatic nitrogens is 3. The van der Waals surface area contributed by atoms with Crippen LogP contribution < -0.4 is 4.74 Å². The third kappa shape index (κ3) is 4.75. The van der Waals surface area contributed by atoms with Crippen LogP contribution in [-0.2, 0) is 0 Å². The van der Waals surface area contributed by atoms with E-state index in [0.29, 0.717) is 11.8 Å². The molecule has 6 heteroatoms. The molecular formula is C15H21N3O2S. The predicted molar refractivity (Wildman–Crippen MR) is 83.8 cm³/mol. The number of benzene rings is 1. The van der Waals surface area contributed by atoms with Crippen molar-refractivity contribution < 1.29 is 9.84 Å². The van der Waals surface area contributed by atoms with Crippen molar-refractivity contribution in [3.05, 3.63) is 36.2 Å². The number of aliphatic hydroxyl groups is 1. The van der Waals surface area contributed by atoms with E-state index in [0.717, 1.165) is 10.9 Å². The molecule has 1 N–H and O–H groups in total. The Morgan fingerprint density at radius 2 is 2.00 bits per heavy atom. The van der Waals surface area contributed by atoms with Crippen LogP contribution in [0.2, 0.25) is 0 Å². The second-order valence-electron chi connectivity index (χ2n) is 5.20. The first-order valence-electron chi connectivity index (χ1n) is 6.96. The predicted octanol–water partition coefficient (Wildman–Crippen LogP) is 2.70. The molecule has 114 valence electrons. The summed E-state index contributed by atoms with van der Waals surface area (Å²) in [5, 5.41) is 18.8. The number of nitrogens with zero attached hydrogens (tertiary/aromatic N) is 3. The fourth-order valence-corrected chi connectivity index (χ4v) is 2.68. The van der Waals surface area contributed by atoms with Gasteiger partial charge in [-0.3, -0.25) is 0 Å². The van der Waals surface area contributed by atoms with Crippen LogP contribution in [0.3, 0.4) is 0 Å². The topological polar surface area (TPSA) is 60.2 Å². The minimum atomic E-state index is -0.548.